The van der Waals surface area contributed by atoms with Crippen LogP contribution in [0.5, 0.6) is 5.75 Å². The Hall–Kier alpha value is -0.610. The van der Waals surface area contributed by atoms with Crippen LogP contribution in [0.2, 0.25) is 0 Å². The number of esters is 1. The van der Waals surface area contributed by atoms with Gasteiger partial charge in [-0.2, -0.15) is 0 Å². The summed E-state index contributed by atoms with van der Waals surface area (Å²) in [5.74, 6) is 0.370. The maximum Gasteiger partial charge on any atom is 0.335 e. The molecule has 0 heterocycles. The molecule has 0 fully saturated rings. The molecule has 0 saturated carbocycles. The molecule has 0 unspecified atom stereocenters. The number of rotatable bonds is 3. The maximum absolute atomic E-state index is 11.2. The number of ether oxygens (including phenoxy) is 1. The number of benzene rings is 1. The second kappa shape index (κ2) is 5.64. The first-order chi connectivity index (χ1) is 7.45. The molecule has 0 amide bonds. The van der Waals surface area contributed by atoms with Crippen LogP contribution in [0.4, 0.5) is 0 Å². The van der Waals surface area contributed by atoms with Gasteiger partial charge < -0.3 is 4.74 Å². The Balaban J connectivity index is 3.24. The van der Waals surface area contributed by atoms with Gasteiger partial charge in [0.1, 0.15) is 5.75 Å². The van der Waals surface area contributed by atoms with Gasteiger partial charge in [0.2, 0.25) is 0 Å². The van der Waals surface area contributed by atoms with Crippen molar-refractivity contribution in [1.29, 1.82) is 0 Å². The molecule has 2 nitrogen and oxygen atoms in total. The van der Waals surface area contributed by atoms with E-state index in [0.717, 1.165) is 20.6 Å². The highest BCUT2D eigenvalue weighted by molar-refractivity contribution is 9.11. The summed E-state index contributed by atoms with van der Waals surface area (Å²) in [6.45, 7) is 7.46. The van der Waals surface area contributed by atoms with Crippen LogP contribution in [0.1, 0.15) is 25.3 Å². The second-order valence-corrected chi connectivity index (χ2v) is 5.36. The van der Waals surface area contributed by atoms with Crippen LogP contribution in [0, 0.1) is 0 Å². The Morgan fingerprint density at radius 3 is 2.56 bits per heavy atom. The van der Waals surface area contributed by atoms with Crippen LogP contribution in [-0.2, 0) is 4.79 Å². The van der Waals surface area contributed by atoms with Gasteiger partial charge in [-0.1, -0.05) is 36.4 Å². The molecular weight excluding hydrogens is 336 g/mol. The highest BCUT2D eigenvalue weighted by Crippen LogP contribution is 2.36. The molecule has 0 atom stereocenters. The first kappa shape index (κ1) is 13.5. The molecule has 4 heteroatoms. The Morgan fingerprint density at radius 2 is 2.06 bits per heavy atom. The van der Waals surface area contributed by atoms with Gasteiger partial charge in [0.15, 0.2) is 0 Å². The summed E-state index contributed by atoms with van der Waals surface area (Å²) in [7, 11) is 0. The van der Waals surface area contributed by atoms with Crippen LogP contribution in [0.3, 0.4) is 0 Å². The minimum Gasteiger partial charge on any atom is -0.422 e. The van der Waals surface area contributed by atoms with Crippen molar-refractivity contribution in [3.8, 4) is 5.75 Å². The summed E-state index contributed by atoms with van der Waals surface area (Å²) in [5, 5.41) is 0. The number of hydrogen-bond donors (Lipinski definition) is 0. The number of halogens is 2. The summed E-state index contributed by atoms with van der Waals surface area (Å²) in [5.41, 5.74) is 0.969. The Kier molecular flexibility index (Phi) is 4.74. The molecule has 1 rings (SSSR count). The van der Waals surface area contributed by atoms with Crippen molar-refractivity contribution in [3.63, 3.8) is 0 Å². The van der Waals surface area contributed by atoms with Crippen molar-refractivity contribution in [2.24, 2.45) is 0 Å². The van der Waals surface area contributed by atoms with Crippen molar-refractivity contribution in [1.82, 2.24) is 0 Å². The molecule has 0 bridgehead atoms. The Bertz CT molecular complexity index is 425. The SMILES string of the molecule is C=CC(=O)Oc1c(Br)cc(Br)cc1C(C)C. The van der Waals surface area contributed by atoms with E-state index in [1.54, 1.807) is 0 Å². The van der Waals surface area contributed by atoms with E-state index in [0.29, 0.717) is 5.75 Å². The molecule has 0 aliphatic heterocycles. The van der Waals surface area contributed by atoms with Gasteiger partial charge in [0.05, 0.1) is 4.47 Å². The summed E-state index contributed by atoms with van der Waals surface area (Å²) in [6.07, 6.45) is 1.15. The molecule has 0 saturated heterocycles. The zero-order chi connectivity index (χ0) is 12.3. The highest BCUT2D eigenvalue weighted by Gasteiger charge is 2.15. The number of carbonyl (C=O) groups excluding carboxylic acids is 1. The molecule has 0 radical (unpaired) electrons. The van der Waals surface area contributed by atoms with Crippen LogP contribution in [0.25, 0.3) is 0 Å². The van der Waals surface area contributed by atoms with E-state index in [-0.39, 0.29) is 5.92 Å². The second-order valence-electron chi connectivity index (χ2n) is 3.59. The average Bonchev–Trinajstić information content (AvgIpc) is 2.20. The van der Waals surface area contributed by atoms with E-state index >= 15 is 0 Å². The minimum atomic E-state index is -0.454. The largest absolute Gasteiger partial charge is 0.422 e. The van der Waals surface area contributed by atoms with Crippen LogP contribution in [0.15, 0.2) is 33.7 Å². The summed E-state index contributed by atoms with van der Waals surface area (Å²) in [6, 6.07) is 3.79. The fourth-order valence-electron chi connectivity index (χ4n) is 1.26. The van der Waals surface area contributed by atoms with Crippen molar-refractivity contribution in [2.45, 2.75) is 19.8 Å². The van der Waals surface area contributed by atoms with Gasteiger partial charge >= 0.3 is 5.97 Å². The average molecular weight is 348 g/mol. The van der Waals surface area contributed by atoms with Gasteiger partial charge in [-0.3, -0.25) is 0 Å². The van der Waals surface area contributed by atoms with Gasteiger partial charge in [0.25, 0.3) is 0 Å². The molecule has 0 aliphatic carbocycles. The summed E-state index contributed by atoms with van der Waals surface area (Å²) >= 11 is 6.79. The molecule has 16 heavy (non-hydrogen) atoms. The standard InChI is InChI=1S/C12H12Br2O2/c1-4-11(15)16-12-9(7(2)3)5-8(13)6-10(12)14/h4-7H,1H2,2-3H3. The fraction of sp³-hybridized carbons (Fsp3) is 0.250. The van der Waals surface area contributed by atoms with Crippen LogP contribution >= 0.6 is 31.9 Å². The summed E-state index contributed by atoms with van der Waals surface area (Å²) < 4.78 is 6.91. The van der Waals surface area contributed by atoms with Crippen molar-refractivity contribution in [3.05, 3.63) is 39.3 Å². The predicted molar refractivity (Wildman–Crippen MR) is 71.8 cm³/mol. The number of hydrogen-bond acceptors (Lipinski definition) is 2. The first-order valence-corrected chi connectivity index (χ1v) is 6.37. The highest BCUT2D eigenvalue weighted by atomic mass is 79.9. The lowest BCUT2D eigenvalue weighted by atomic mass is 10.0. The molecule has 1 aromatic carbocycles. The molecule has 0 aliphatic rings. The van der Waals surface area contributed by atoms with Crippen molar-refractivity contribution >= 4 is 37.8 Å². The van der Waals surface area contributed by atoms with E-state index in [4.69, 9.17) is 4.74 Å². The Labute approximate surface area is 112 Å². The van der Waals surface area contributed by atoms with E-state index in [1.165, 1.54) is 0 Å². The normalized spacial score (nSPS) is 10.3. The third-order valence-corrected chi connectivity index (χ3v) is 3.08. The van der Waals surface area contributed by atoms with Crippen molar-refractivity contribution < 1.29 is 9.53 Å². The van der Waals surface area contributed by atoms with Gasteiger partial charge in [-0.25, -0.2) is 4.79 Å². The molecular formula is C12H12Br2O2. The third-order valence-electron chi connectivity index (χ3n) is 2.03. The van der Waals surface area contributed by atoms with Gasteiger partial charge in [0, 0.05) is 10.5 Å². The first-order valence-electron chi connectivity index (χ1n) is 4.79. The lowest BCUT2D eigenvalue weighted by molar-refractivity contribution is -0.129. The van der Waals surface area contributed by atoms with E-state index in [1.807, 2.05) is 26.0 Å². The molecule has 1 aromatic rings. The predicted octanol–water partition coefficient (Wildman–Crippen LogP) is 4.43. The van der Waals surface area contributed by atoms with Gasteiger partial charge in [-0.05, 0) is 39.5 Å². The van der Waals surface area contributed by atoms with Crippen molar-refractivity contribution in [2.75, 3.05) is 0 Å². The quantitative estimate of drug-likeness (QED) is 0.459. The lowest BCUT2D eigenvalue weighted by Gasteiger charge is -2.14. The topological polar surface area (TPSA) is 26.3 Å². The zero-order valence-electron chi connectivity index (χ0n) is 9.09. The number of carbonyl (C=O) groups is 1. The minimum absolute atomic E-state index is 0.265. The fourth-order valence-corrected chi connectivity index (χ4v) is 2.60. The van der Waals surface area contributed by atoms with E-state index < -0.39 is 5.97 Å². The molecule has 0 aromatic heterocycles. The summed E-state index contributed by atoms with van der Waals surface area (Å²) in [4.78, 5) is 11.2. The monoisotopic (exact) mass is 346 g/mol. The van der Waals surface area contributed by atoms with Gasteiger partial charge in [-0.15, -0.1) is 0 Å². The smallest absolute Gasteiger partial charge is 0.335 e. The molecule has 86 valence electrons. The molecule has 0 N–H and O–H groups in total. The lowest BCUT2D eigenvalue weighted by Crippen LogP contribution is -2.06. The van der Waals surface area contributed by atoms with E-state index in [9.17, 15) is 4.79 Å². The third kappa shape index (κ3) is 3.19. The Morgan fingerprint density at radius 1 is 1.44 bits per heavy atom. The zero-order valence-corrected chi connectivity index (χ0v) is 12.3. The molecule has 0 spiro atoms. The van der Waals surface area contributed by atoms with E-state index in [2.05, 4.69) is 38.4 Å². The maximum atomic E-state index is 11.2. The van der Waals surface area contributed by atoms with Crippen LogP contribution in [-0.4, -0.2) is 5.97 Å². The van der Waals surface area contributed by atoms with Crippen LogP contribution < -0.4 is 4.74 Å².